The lowest BCUT2D eigenvalue weighted by molar-refractivity contribution is 0.00738. The fraction of sp³-hybridized carbons (Fsp3) is 0.667. The van der Waals surface area contributed by atoms with Gasteiger partial charge in [-0.1, -0.05) is 23.7 Å². The summed E-state index contributed by atoms with van der Waals surface area (Å²) in [5.74, 6) is 0.234. The standard InChI is InChI=1S/C18H28ClN3O2S/c1-14-11-22(17-6-8-20-9-7-17)18(12-21(14)13-25(23)24)10-15-2-4-16(19)5-3-15/h2-5,14,17-18,20H,6-13H2,1H3,(H,23,24)/t14-,18-/m0/s1. The zero-order valence-electron chi connectivity index (χ0n) is 14.7. The molecular weight excluding hydrogens is 358 g/mol. The maximum atomic E-state index is 11.3. The van der Waals surface area contributed by atoms with Crippen LogP contribution in [0, 0.1) is 0 Å². The number of benzene rings is 1. The maximum Gasteiger partial charge on any atom is 0.167 e. The van der Waals surface area contributed by atoms with E-state index in [9.17, 15) is 8.76 Å². The molecule has 0 spiro atoms. The van der Waals surface area contributed by atoms with Crippen LogP contribution in [0.25, 0.3) is 0 Å². The Bertz CT molecular complexity index is 580. The molecule has 0 saturated carbocycles. The first-order valence-electron chi connectivity index (χ1n) is 9.05. The smallest absolute Gasteiger partial charge is 0.167 e. The zero-order valence-corrected chi connectivity index (χ0v) is 16.3. The molecule has 2 heterocycles. The van der Waals surface area contributed by atoms with Gasteiger partial charge in [0.2, 0.25) is 0 Å². The van der Waals surface area contributed by atoms with Crippen LogP contribution in [0.2, 0.25) is 5.02 Å². The van der Waals surface area contributed by atoms with E-state index in [4.69, 9.17) is 11.6 Å². The topological polar surface area (TPSA) is 55.8 Å². The molecule has 0 bridgehead atoms. The molecule has 2 aliphatic rings. The van der Waals surface area contributed by atoms with E-state index in [1.165, 1.54) is 18.4 Å². The molecule has 0 aromatic heterocycles. The van der Waals surface area contributed by atoms with Crippen molar-refractivity contribution in [3.05, 3.63) is 34.9 Å². The fourth-order valence-electron chi connectivity index (χ4n) is 4.11. The lowest BCUT2D eigenvalue weighted by atomic mass is 9.95. The van der Waals surface area contributed by atoms with E-state index < -0.39 is 11.1 Å². The Labute approximate surface area is 158 Å². The highest BCUT2D eigenvalue weighted by Crippen LogP contribution is 2.25. The predicted molar refractivity (Wildman–Crippen MR) is 103 cm³/mol. The van der Waals surface area contributed by atoms with Crippen LogP contribution in [-0.2, 0) is 17.5 Å². The lowest BCUT2D eigenvalue weighted by Gasteiger charge is -2.49. The van der Waals surface area contributed by atoms with Gasteiger partial charge in [0.05, 0.1) is 0 Å². The van der Waals surface area contributed by atoms with Gasteiger partial charge in [-0.15, -0.1) is 0 Å². The third-order valence-corrected chi connectivity index (χ3v) is 6.26. The molecule has 25 heavy (non-hydrogen) atoms. The van der Waals surface area contributed by atoms with Crippen molar-refractivity contribution in [1.82, 2.24) is 15.1 Å². The van der Waals surface area contributed by atoms with Crippen LogP contribution in [0.5, 0.6) is 0 Å². The minimum atomic E-state index is -1.78. The van der Waals surface area contributed by atoms with E-state index in [1.54, 1.807) is 0 Å². The molecule has 3 rings (SSSR count). The van der Waals surface area contributed by atoms with Crippen LogP contribution in [0.3, 0.4) is 0 Å². The largest absolute Gasteiger partial charge is 0.317 e. The van der Waals surface area contributed by atoms with Gasteiger partial charge in [-0.2, -0.15) is 0 Å². The average molecular weight is 386 g/mol. The van der Waals surface area contributed by atoms with Crippen molar-refractivity contribution in [2.75, 3.05) is 32.1 Å². The summed E-state index contributed by atoms with van der Waals surface area (Å²) >= 11 is 4.23. The van der Waals surface area contributed by atoms with Crippen molar-refractivity contribution in [3.8, 4) is 0 Å². The molecular formula is C18H28ClN3O2S. The Morgan fingerprint density at radius 3 is 2.56 bits per heavy atom. The Balaban J connectivity index is 1.76. The van der Waals surface area contributed by atoms with E-state index in [-0.39, 0.29) is 5.88 Å². The second-order valence-electron chi connectivity index (χ2n) is 7.23. The highest BCUT2D eigenvalue weighted by Gasteiger charge is 2.36. The van der Waals surface area contributed by atoms with Gasteiger partial charge in [-0.25, -0.2) is 4.21 Å². The van der Waals surface area contributed by atoms with Gasteiger partial charge >= 0.3 is 0 Å². The lowest BCUT2D eigenvalue weighted by Crippen LogP contribution is -2.62. The van der Waals surface area contributed by atoms with Crippen molar-refractivity contribution in [2.45, 2.75) is 44.3 Å². The van der Waals surface area contributed by atoms with Crippen LogP contribution in [0.1, 0.15) is 25.3 Å². The van der Waals surface area contributed by atoms with Gasteiger partial charge < -0.3 is 9.87 Å². The first kappa shape index (κ1) is 19.3. The summed E-state index contributed by atoms with van der Waals surface area (Å²) in [7, 11) is 0. The normalized spacial score (nSPS) is 28.1. The van der Waals surface area contributed by atoms with Crippen molar-refractivity contribution in [2.24, 2.45) is 0 Å². The van der Waals surface area contributed by atoms with Gasteiger partial charge in [-0.05, 0) is 57.0 Å². The van der Waals surface area contributed by atoms with Crippen LogP contribution < -0.4 is 5.32 Å². The number of rotatable bonds is 5. The van der Waals surface area contributed by atoms with Gasteiger partial charge in [0.1, 0.15) is 5.88 Å². The molecule has 7 heteroatoms. The highest BCUT2D eigenvalue weighted by molar-refractivity contribution is 7.79. The average Bonchev–Trinajstić information content (AvgIpc) is 2.60. The summed E-state index contributed by atoms with van der Waals surface area (Å²) < 4.78 is 20.7. The molecule has 1 aromatic rings. The van der Waals surface area contributed by atoms with E-state index in [1.807, 2.05) is 12.1 Å². The Morgan fingerprint density at radius 1 is 1.24 bits per heavy atom. The number of hydrogen-bond acceptors (Lipinski definition) is 4. The highest BCUT2D eigenvalue weighted by atomic mass is 35.5. The Morgan fingerprint density at radius 2 is 1.92 bits per heavy atom. The predicted octanol–water partition coefficient (Wildman–Crippen LogP) is 2.19. The van der Waals surface area contributed by atoms with Crippen molar-refractivity contribution >= 4 is 22.7 Å². The molecule has 2 N–H and O–H groups in total. The summed E-state index contributed by atoms with van der Waals surface area (Å²) in [6.45, 7) is 6.11. The van der Waals surface area contributed by atoms with Crippen LogP contribution in [0.15, 0.2) is 24.3 Å². The molecule has 5 nitrogen and oxygen atoms in total. The molecule has 1 aromatic carbocycles. The van der Waals surface area contributed by atoms with E-state index >= 15 is 0 Å². The SMILES string of the molecule is C[C@H]1CN(C2CCNCC2)[C@@H](Cc2ccc(Cl)cc2)CN1CS(=O)O. The molecule has 3 atom stereocenters. The minimum absolute atomic E-state index is 0.234. The molecule has 140 valence electrons. The quantitative estimate of drug-likeness (QED) is 0.761. The van der Waals surface area contributed by atoms with E-state index in [0.29, 0.717) is 18.1 Å². The Hall–Kier alpha value is -0.500. The van der Waals surface area contributed by atoms with Gasteiger partial charge in [0, 0.05) is 36.2 Å². The summed E-state index contributed by atoms with van der Waals surface area (Å²) in [4.78, 5) is 4.81. The molecule has 2 saturated heterocycles. The third-order valence-electron chi connectivity index (χ3n) is 5.45. The second-order valence-corrected chi connectivity index (χ2v) is 8.57. The van der Waals surface area contributed by atoms with Crippen molar-refractivity contribution < 1.29 is 8.76 Å². The number of piperidine rings is 1. The van der Waals surface area contributed by atoms with Crippen LogP contribution >= 0.6 is 11.6 Å². The summed E-state index contributed by atoms with van der Waals surface area (Å²) in [5.41, 5.74) is 1.27. The first-order valence-corrected chi connectivity index (χ1v) is 10.7. The van der Waals surface area contributed by atoms with Crippen molar-refractivity contribution in [1.29, 1.82) is 0 Å². The molecule has 0 aliphatic carbocycles. The van der Waals surface area contributed by atoms with Crippen molar-refractivity contribution in [3.63, 3.8) is 0 Å². The molecule has 0 amide bonds. The van der Waals surface area contributed by atoms with Gasteiger partial charge in [-0.3, -0.25) is 9.80 Å². The second kappa shape index (κ2) is 8.93. The van der Waals surface area contributed by atoms with E-state index in [2.05, 4.69) is 34.2 Å². The van der Waals surface area contributed by atoms with Gasteiger partial charge in [0.15, 0.2) is 11.1 Å². The molecule has 2 aliphatic heterocycles. The summed E-state index contributed by atoms with van der Waals surface area (Å²) in [5, 5.41) is 4.20. The monoisotopic (exact) mass is 385 g/mol. The molecule has 2 fully saturated rings. The Kier molecular flexibility index (Phi) is 6.88. The number of nitrogens with one attached hydrogen (secondary N) is 1. The zero-order chi connectivity index (χ0) is 17.8. The maximum absolute atomic E-state index is 11.3. The minimum Gasteiger partial charge on any atom is -0.317 e. The first-order chi connectivity index (χ1) is 12.0. The third kappa shape index (κ3) is 5.25. The van der Waals surface area contributed by atoms with E-state index in [0.717, 1.165) is 37.6 Å². The number of nitrogens with zero attached hydrogens (tertiary/aromatic N) is 2. The number of halogens is 1. The molecule has 0 radical (unpaired) electrons. The van der Waals surface area contributed by atoms with Crippen LogP contribution in [-0.4, -0.2) is 68.7 Å². The number of hydrogen-bond donors (Lipinski definition) is 2. The molecule has 1 unspecified atom stereocenters. The summed E-state index contributed by atoms with van der Waals surface area (Å²) in [6.07, 6.45) is 3.30. The van der Waals surface area contributed by atoms with Crippen LogP contribution in [0.4, 0.5) is 0 Å². The summed E-state index contributed by atoms with van der Waals surface area (Å²) in [6, 6.07) is 9.33. The van der Waals surface area contributed by atoms with Gasteiger partial charge in [0.25, 0.3) is 0 Å². The fourth-order valence-corrected chi connectivity index (χ4v) is 4.88. The number of piperazine rings is 1.